The second-order valence-corrected chi connectivity index (χ2v) is 5.99. The molecule has 0 spiro atoms. The highest BCUT2D eigenvalue weighted by molar-refractivity contribution is 5.83. The summed E-state index contributed by atoms with van der Waals surface area (Å²) in [5.41, 5.74) is 7.70. The van der Waals surface area contributed by atoms with Gasteiger partial charge in [-0.2, -0.15) is 0 Å². The molecule has 1 aromatic rings. The number of rotatable bonds is 10. The van der Waals surface area contributed by atoms with E-state index in [0.29, 0.717) is 25.1 Å². The van der Waals surface area contributed by atoms with Crippen molar-refractivity contribution in [3.63, 3.8) is 0 Å². The SMILES string of the molecule is C=C(O)[C@H](Cc1ccc(N=C(N)CCCNC2=NCCN2)cc1)NC=O. The molecule has 0 saturated heterocycles. The fourth-order valence-corrected chi connectivity index (χ4v) is 2.51. The molecule has 0 bridgehead atoms. The first-order valence-electron chi connectivity index (χ1n) is 8.60. The van der Waals surface area contributed by atoms with Gasteiger partial charge in [0.15, 0.2) is 5.96 Å². The van der Waals surface area contributed by atoms with Crippen molar-refractivity contribution in [3.8, 4) is 0 Å². The lowest BCUT2D eigenvalue weighted by Gasteiger charge is -2.14. The van der Waals surface area contributed by atoms with Gasteiger partial charge >= 0.3 is 0 Å². The second kappa shape index (κ2) is 10.1. The van der Waals surface area contributed by atoms with Crippen LogP contribution >= 0.6 is 0 Å². The molecule has 1 heterocycles. The number of hydrogen-bond donors (Lipinski definition) is 5. The van der Waals surface area contributed by atoms with Crippen molar-refractivity contribution in [3.05, 3.63) is 42.2 Å². The normalized spacial score (nSPS) is 14.9. The summed E-state index contributed by atoms with van der Waals surface area (Å²) in [7, 11) is 0. The smallest absolute Gasteiger partial charge is 0.207 e. The number of aliphatic imine (C=N–C) groups is 2. The minimum absolute atomic E-state index is 0.0733. The predicted octanol–water partition coefficient (Wildman–Crippen LogP) is 0.733. The van der Waals surface area contributed by atoms with Gasteiger partial charge in [0.2, 0.25) is 6.41 Å². The number of guanidine groups is 1. The molecular weight excluding hydrogens is 332 g/mol. The summed E-state index contributed by atoms with van der Waals surface area (Å²) in [6.07, 6.45) is 2.57. The Morgan fingerprint density at radius 2 is 2.23 bits per heavy atom. The summed E-state index contributed by atoms with van der Waals surface area (Å²) in [6, 6.07) is 6.99. The van der Waals surface area contributed by atoms with Crippen LogP contribution in [0.25, 0.3) is 0 Å². The molecule has 1 aliphatic rings. The van der Waals surface area contributed by atoms with Crippen LogP contribution in [-0.4, -0.2) is 49.0 Å². The Hall–Kier alpha value is -3.03. The van der Waals surface area contributed by atoms with Gasteiger partial charge in [-0.25, -0.2) is 4.99 Å². The zero-order valence-corrected chi connectivity index (χ0v) is 14.7. The Bertz CT molecular complexity index is 669. The van der Waals surface area contributed by atoms with Crippen molar-refractivity contribution in [2.45, 2.75) is 25.3 Å². The Labute approximate surface area is 153 Å². The van der Waals surface area contributed by atoms with Crippen LogP contribution in [0.5, 0.6) is 0 Å². The highest BCUT2D eigenvalue weighted by atomic mass is 16.3. The van der Waals surface area contributed by atoms with Gasteiger partial charge in [0.25, 0.3) is 0 Å². The molecule has 0 radical (unpaired) electrons. The van der Waals surface area contributed by atoms with Gasteiger partial charge in [-0.15, -0.1) is 0 Å². The Kier molecular flexibility index (Phi) is 7.48. The van der Waals surface area contributed by atoms with Gasteiger partial charge in [-0.1, -0.05) is 18.7 Å². The quantitative estimate of drug-likeness (QED) is 0.139. The molecule has 0 aromatic heterocycles. The van der Waals surface area contributed by atoms with Crippen molar-refractivity contribution in [2.75, 3.05) is 19.6 Å². The lowest BCUT2D eigenvalue weighted by atomic mass is 10.0. The summed E-state index contributed by atoms with van der Waals surface area (Å²) in [5, 5.41) is 18.4. The number of amides is 1. The number of amidine groups is 1. The van der Waals surface area contributed by atoms with Gasteiger partial charge in [0, 0.05) is 19.5 Å². The van der Waals surface area contributed by atoms with Crippen molar-refractivity contribution >= 4 is 23.9 Å². The average Bonchev–Trinajstić information content (AvgIpc) is 3.13. The largest absolute Gasteiger partial charge is 0.511 e. The van der Waals surface area contributed by atoms with Crippen LogP contribution in [0, 0.1) is 0 Å². The number of nitrogens with one attached hydrogen (secondary N) is 3. The van der Waals surface area contributed by atoms with Crippen molar-refractivity contribution < 1.29 is 9.90 Å². The molecule has 140 valence electrons. The highest BCUT2D eigenvalue weighted by Crippen LogP contribution is 2.15. The van der Waals surface area contributed by atoms with E-state index in [2.05, 4.69) is 32.5 Å². The molecule has 1 atom stereocenters. The molecule has 0 aliphatic carbocycles. The first-order chi connectivity index (χ1) is 12.6. The van der Waals surface area contributed by atoms with Crippen molar-refractivity contribution in [1.29, 1.82) is 0 Å². The minimum atomic E-state index is -0.501. The Morgan fingerprint density at radius 1 is 1.46 bits per heavy atom. The molecular formula is C18H26N6O2. The van der Waals surface area contributed by atoms with E-state index in [9.17, 15) is 9.90 Å². The number of benzene rings is 1. The summed E-state index contributed by atoms with van der Waals surface area (Å²) >= 11 is 0. The van der Waals surface area contributed by atoms with Crippen LogP contribution < -0.4 is 21.7 Å². The number of hydrogen-bond acceptors (Lipinski definition) is 6. The van der Waals surface area contributed by atoms with E-state index < -0.39 is 6.04 Å². The summed E-state index contributed by atoms with van der Waals surface area (Å²) in [5.74, 6) is 1.35. The molecule has 1 amide bonds. The molecule has 0 unspecified atom stereocenters. The van der Waals surface area contributed by atoms with Crippen LogP contribution in [0.4, 0.5) is 5.69 Å². The van der Waals surface area contributed by atoms with Crippen LogP contribution in [0.1, 0.15) is 18.4 Å². The van der Waals surface area contributed by atoms with E-state index in [1.165, 1.54) is 0 Å². The van der Waals surface area contributed by atoms with Crippen molar-refractivity contribution in [1.82, 2.24) is 16.0 Å². The van der Waals surface area contributed by atoms with E-state index in [1.807, 2.05) is 24.3 Å². The molecule has 1 aliphatic heterocycles. The number of nitrogens with two attached hydrogens (primary N) is 1. The van der Waals surface area contributed by atoms with E-state index >= 15 is 0 Å². The molecule has 8 nitrogen and oxygen atoms in total. The number of carbonyl (C=O) groups excluding carboxylic acids is 1. The Morgan fingerprint density at radius 3 is 2.85 bits per heavy atom. The number of aliphatic hydroxyl groups excluding tert-OH is 1. The van der Waals surface area contributed by atoms with Crippen molar-refractivity contribution in [2.24, 2.45) is 15.7 Å². The molecule has 0 fully saturated rings. The van der Waals surface area contributed by atoms with Gasteiger partial charge in [-0.3, -0.25) is 9.79 Å². The van der Waals surface area contributed by atoms with E-state index in [0.717, 1.165) is 43.3 Å². The van der Waals surface area contributed by atoms with Gasteiger partial charge in [0.1, 0.15) is 5.76 Å². The maximum absolute atomic E-state index is 10.6. The van der Waals surface area contributed by atoms with Crippen LogP contribution in [-0.2, 0) is 11.2 Å². The lowest BCUT2D eigenvalue weighted by Crippen LogP contribution is -2.34. The Balaban J connectivity index is 1.79. The van der Waals surface area contributed by atoms with Crippen LogP contribution in [0.15, 0.2) is 46.6 Å². The minimum Gasteiger partial charge on any atom is -0.511 e. The number of nitrogens with zero attached hydrogens (tertiary/aromatic N) is 2. The third-order valence-corrected chi connectivity index (χ3v) is 3.90. The number of carbonyl (C=O) groups is 1. The molecule has 1 aromatic carbocycles. The molecule has 26 heavy (non-hydrogen) atoms. The lowest BCUT2D eigenvalue weighted by molar-refractivity contribution is -0.110. The first kappa shape index (κ1) is 19.3. The zero-order chi connectivity index (χ0) is 18.8. The maximum atomic E-state index is 10.6. The van der Waals surface area contributed by atoms with E-state index in [1.54, 1.807) is 0 Å². The zero-order valence-electron chi connectivity index (χ0n) is 14.7. The fourth-order valence-electron chi connectivity index (χ4n) is 2.51. The van der Waals surface area contributed by atoms with E-state index in [-0.39, 0.29) is 5.76 Å². The third kappa shape index (κ3) is 6.46. The maximum Gasteiger partial charge on any atom is 0.207 e. The second-order valence-electron chi connectivity index (χ2n) is 5.99. The summed E-state index contributed by atoms with van der Waals surface area (Å²) in [6.45, 7) is 5.96. The van der Waals surface area contributed by atoms with Gasteiger partial charge in [0.05, 0.1) is 24.1 Å². The van der Waals surface area contributed by atoms with Crippen LogP contribution in [0.2, 0.25) is 0 Å². The van der Waals surface area contributed by atoms with Gasteiger partial charge < -0.3 is 26.8 Å². The monoisotopic (exact) mass is 358 g/mol. The fraction of sp³-hybridized carbons (Fsp3) is 0.389. The van der Waals surface area contributed by atoms with Gasteiger partial charge in [-0.05, 0) is 30.5 Å². The van der Waals surface area contributed by atoms with E-state index in [4.69, 9.17) is 5.73 Å². The first-order valence-corrected chi connectivity index (χ1v) is 8.60. The summed E-state index contributed by atoms with van der Waals surface area (Å²) in [4.78, 5) is 19.2. The summed E-state index contributed by atoms with van der Waals surface area (Å²) < 4.78 is 0. The molecule has 6 N–H and O–H groups in total. The molecule has 2 rings (SSSR count). The topological polar surface area (TPSA) is 124 Å². The standard InChI is InChI=1S/C18H26N6O2/c1-13(26)16(23-12-25)11-14-4-6-15(7-5-14)24-17(19)3-2-8-20-18-21-9-10-22-18/h4-7,12,16,26H,1-3,8-11H2,(H2,19,24)(H,23,25)(H2,20,21,22)/t16-/m0/s1. The van der Waals surface area contributed by atoms with Crippen LogP contribution in [0.3, 0.4) is 0 Å². The predicted molar refractivity (Wildman–Crippen MR) is 104 cm³/mol. The number of aliphatic hydroxyl groups is 1. The highest BCUT2D eigenvalue weighted by Gasteiger charge is 2.11. The molecule has 0 saturated carbocycles. The average molecular weight is 358 g/mol. The third-order valence-electron chi connectivity index (χ3n) is 3.90. The molecule has 8 heteroatoms.